The molecular formula is C14H23NO2. The second-order valence-electron chi connectivity index (χ2n) is 3.19. The van der Waals surface area contributed by atoms with Gasteiger partial charge < -0.3 is 15.2 Å². The summed E-state index contributed by atoms with van der Waals surface area (Å²) in [4.78, 5) is 0. The Morgan fingerprint density at radius 1 is 1.29 bits per heavy atom. The van der Waals surface area contributed by atoms with Crippen molar-refractivity contribution in [3.05, 3.63) is 35.4 Å². The van der Waals surface area contributed by atoms with Crippen molar-refractivity contribution >= 4 is 5.76 Å². The van der Waals surface area contributed by atoms with Crippen LogP contribution in [0, 0.1) is 6.92 Å². The molecule has 1 aromatic carbocycles. The van der Waals surface area contributed by atoms with Gasteiger partial charge in [0.15, 0.2) is 0 Å². The van der Waals surface area contributed by atoms with Crippen LogP contribution < -0.4 is 10.5 Å². The van der Waals surface area contributed by atoms with Crippen molar-refractivity contribution in [2.45, 2.75) is 20.8 Å². The van der Waals surface area contributed by atoms with Crippen molar-refractivity contribution in [2.75, 3.05) is 20.8 Å². The van der Waals surface area contributed by atoms with E-state index in [1.54, 1.807) is 14.2 Å². The van der Waals surface area contributed by atoms with Crippen molar-refractivity contribution in [3.63, 3.8) is 0 Å². The molecule has 0 aromatic heterocycles. The van der Waals surface area contributed by atoms with Crippen LogP contribution in [-0.4, -0.2) is 20.8 Å². The van der Waals surface area contributed by atoms with Crippen LogP contribution in [0.1, 0.15) is 25.0 Å². The molecule has 0 radical (unpaired) electrons. The Morgan fingerprint density at radius 2 is 1.94 bits per heavy atom. The summed E-state index contributed by atoms with van der Waals surface area (Å²) in [6.45, 7) is 6.48. The largest absolute Gasteiger partial charge is 0.497 e. The van der Waals surface area contributed by atoms with Crippen molar-refractivity contribution in [3.8, 4) is 5.75 Å². The first-order chi connectivity index (χ1) is 8.22. The van der Waals surface area contributed by atoms with E-state index in [2.05, 4.69) is 0 Å². The zero-order valence-corrected chi connectivity index (χ0v) is 11.4. The lowest BCUT2D eigenvalue weighted by molar-refractivity contribution is 0.368. The van der Waals surface area contributed by atoms with Gasteiger partial charge in [0.2, 0.25) is 0 Å². The van der Waals surface area contributed by atoms with Crippen LogP contribution in [0.15, 0.2) is 24.3 Å². The first-order valence-corrected chi connectivity index (χ1v) is 5.82. The lowest BCUT2D eigenvalue weighted by Gasteiger charge is -2.10. The molecule has 0 amide bonds. The fraction of sp³-hybridized carbons (Fsp3) is 0.429. The molecule has 2 N–H and O–H groups in total. The van der Waals surface area contributed by atoms with E-state index < -0.39 is 0 Å². The summed E-state index contributed by atoms with van der Waals surface area (Å²) in [6.07, 6.45) is 1.86. The molecule has 0 fully saturated rings. The predicted octanol–water partition coefficient (Wildman–Crippen LogP) is 2.98. The molecular weight excluding hydrogens is 214 g/mol. The average molecular weight is 237 g/mol. The molecule has 0 aliphatic carbocycles. The van der Waals surface area contributed by atoms with Crippen molar-refractivity contribution in [1.82, 2.24) is 0 Å². The van der Waals surface area contributed by atoms with Gasteiger partial charge in [-0.15, -0.1) is 0 Å². The van der Waals surface area contributed by atoms with E-state index in [9.17, 15) is 0 Å². The highest BCUT2D eigenvalue weighted by Crippen LogP contribution is 2.23. The standard InChI is InChI=1S/C12H17NO2.C2H6/c1-9-8-10(14-2)4-5-11(9)12(15-3)6-7-13;1-2/h4-6,8H,7,13H2,1-3H3;1-2H3/b12-6-;. The third kappa shape index (κ3) is 4.49. The summed E-state index contributed by atoms with van der Waals surface area (Å²) in [5.74, 6) is 1.65. The molecule has 17 heavy (non-hydrogen) atoms. The summed E-state index contributed by atoms with van der Waals surface area (Å²) < 4.78 is 10.4. The molecule has 3 nitrogen and oxygen atoms in total. The fourth-order valence-electron chi connectivity index (χ4n) is 1.45. The maximum atomic E-state index is 5.47. The Kier molecular flexibility index (Phi) is 7.89. The highest BCUT2D eigenvalue weighted by atomic mass is 16.5. The van der Waals surface area contributed by atoms with E-state index in [1.165, 1.54) is 0 Å². The minimum Gasteiger partial charge on any atom is -0.497 e. The van der Waals surface area contributed by atoms with E-state index in [0.29, 0.717) is 6.54 Å². The van der Waals surface area contributed by atoms with Crippen LogP contribution in [0.25, 0.3) is 5.76 Å². The number of methoxy groups -OCH3 is 2. The molecule has 0 heterocycles. The second-order valence-corrected chi connectivity index (χ2v) is 3.19. The quantitative estimate of drug-likeness (QED) is 0.819. The summed E-state index contributed by atoms with van der Waals surface area (Å²) in [6, 6.07) is 5.85. The monoisotopic (exact) mass is 237 g/mol. The third-order valence-corrected chi connectivity index (χ3v) is 2.22. The molecule has 0 aliphatic heterocycles. The van der Waals surface area contributed by atoms with Gasteiger partial charge in [0.25, 0.3) is 0 Å². The van der Waals surface area contributed by atoms with Gasteiger partial charge in [0.05, 0.1) is 14.2 Å². The number of benzene rings is 1. The van der Waals surface area contributed by atoms with Crippen molar-refractivity contribution < 1.29 is 9.47 Å². The molecule has 0 bridgehead atoms. The Morgan fingerprint density at radius 3 is 2.35 bits per heavy atom. The Labute approximate surface area is 104 Å². The lowest BCUT2D eigenvalue weighted by atomic mass is 10.1. The predicted molar refractivity (Wildman–Crippen MR) is 73.1 cm³/mol. The van der Waals surface area contributed by atoms with E-state index in [4.69, 9.17) is 15.2 Å². The average Bonchev–Trinajstić information content (AvgIpc) is 2.38. The summed E-state index contributed by atoms with van der Waals surface area (Å²) >= 11 is 0. The Hall–Kier alpha value is -1.48. The summed E-state index contributed by atoms with van der Waals surface area (Å²) in [5, 5.41) is 0. The SMILES string of the molecule is CC.CO/C(=C\CN)c1ccc(OC)cc1C. The molecule has 1 rings (SSSR count). The summed E-state index contributed by atoms with van der Waals surface area (Å²) in [5.41, 5.74) is 7.62. The van der Waals surface area contributed by atoms with Gasteiger partial charge in [0.1, 0.15) is 11.5 Å². The van der Waals surface area contributed by atoms with Crippen LogP contribution in [-0.2, 0) is 4.74 Å². The Bertz CT molecular complexity index is 359. The van der Waals surface area contributed by atoms with Gasteiger partial charge in [-0.05, 0) is 36.8 Å². The van der Waals surface area contributed by atoms with Crippen molar-refractivity contribution in [1.29, 1.82) is 0 Å². The minimum absolute atomic E-state index is 0.467. The van der Waals surface area contributed by atoms with Gasteiger partial charge >= 0.3 is 0 Å². The first kappa shape index (κ1) is 15.5. The maximum absolute atomic E-state index is 5.47. The highest BCUT2D eigenvalue weighted by Gasteiger charge is 2.05. The van der Waals surface area contributed by atoms with Crippen LogP contribution >= 0.6 is 0 Å². The molecule has 0 saturated carbocycles. The maximum Gasteiger partial charge on any atom is 0.123 e. The first-order valence-electron chi connectivity index (χ1n) is 5.82. The fourth-order valence-corrected chi connectivity index (χ4v) is 1.45. The van der Waals surface area contributed by atoms with Gasteiger partial charge in [-0.3, -0.25) is 0 Å². The normalized spacial score (nSPS) is 10.4. The van der Waals surface area contributed by atoms with Crippen LogP contribution in [0.3, 0.4) is 0 Å². The smallest absolute Gasteiger partial charge is 0.123 e. The Balaban J connectivity index is 0.00000121. The van der Waals surface area contributed by atoms with E-state index in [1.807, 2.05) is 45.0 Å². The third-order valence-electron chi connectivity index (χ3n) is 2.22. The summed E-state index contributed by atoms with van der Waals surface area (Å²) in [7, 11) is 3.30. The number of ether oxygens (including phenoxy) is 2. The van der Waals surface area contributed by atoms with Crippen molar-refractivity contribution in [2.24, 2.45) is 5.73 Å². The molecule has 3 heteroatoms. The molecule has 0 saturated heterocycles. The number of hydrogen-bond donors (Lipinski definition) is 1. The molecule has 0 aliphatic rings. The van der Waals surface area contributed by atoms with E-state index in [0.717, 1.165) is 22.6 Å². The lowest BCUT2D eigenvalue weighted by Crippen LogP contribution is -1.99. The topological polar surface area (TPSA) is 44.5 Å². The van der Waals surface area contributed by atoms with Crippen LogP contribution in [0.5, 0.6) is 5.75 Å². The second kappa shape index (κ2) is 8.65. The van der Waals surface area contributed by atoms with Gasteiger partial charge in [-0.25, -0.2) is 0 Å². The number of nitrogens with two attached hydrogens (primary N) is 1. The zero-order chi connectivity index (χ0) is 13.3. The molecule has 0 unspecified atom stereocenters. The van der Waals surface area contributed by atoms with Crippen LogP contribution in [0.4, 0.5) is 0 Å². The van der Waals surface area contributed by atoms with Crippen LogP contribution in [0.2, 0.25) is 0 Å². The van der Waals surface area contributed by atoms with E-state index >= 15 is 0 Å². The number of rotatable bonds is 4. The van der Waals surface area contributed by atoms with Gasteiger partial charge in [0, 0.05) is 12.1 Å². The van der Waals surface area contributed by atoms with Gasteiger partial charge in [-0.2, -0.15) is 0 Å². The molecule has 96 valence electrons. The van der Waals surface area contributed by atoms with E-state index in [-0.39, 0.29) is 0 Å². The number of hydrogen-bond acceptors (Lipinski definition) is 3. The molecule has 0 spiro atoms. The minimum atomic E-state index is 0.467. The van der Waals surface area contributed by atoms with Gasteiger partial charge in [-0.1, -0.05) is 13.8 Å². The highest BCUT2D eigenvalue weighted by molar-refractivity contribution is 5.64. The number of aryl methyl sites for hydroxylation is 1. The molecule has 0 atom stereocenters. The zero-order valence-electron chi connectivity index (χ0n) is 11.4. The molecule has 1 aromatic rings.